The Hall–Kier alpha value is -1.59. The van der Waals surface area contributed by atoms with Crippen LogP contribution in [0.15, 0.2) is 24.3 Å². The second kappa shape index (κ2) is 13.6. The Bertz CT molecular complexity index is 535. The van der Waals surface area contributed by atoms with Crippen LogP contribution in [-0.2, 0) is 0 Å². The maximum atomic E-state index is 12.2. The fourth-order valence-corrected chi connectivity index (χ4v) is 3.57. The van der Waals surface area contributed by atoms with Crippen molar-refractivity contribution in [2.75, 3.05) is 52.9 Å². The van der Waals surface area contributed by atoms with Crippen LogP contribution in [0.3, 0.4) is 0 Å². The second-order valence-electron chi connectivity index (χ2n) is 7.80. The monoisotopic (exact) mass is 389 g/mol. The molecule has 1 amide bonds. The van der Waals surface area contributed by atoms with Crippen molar-refractivity contribution in [2.45, 2.75) is 51.9 Å². The number of likely N-dealkylation sites (tertiary alicyclic amines) is 2. The van der Waals surface area contributed by atoms with Gasteiger partial charge in [-0.25, -0.2) is 0 Å². The van der Waals surface area contributed by atoms with Gasteiger partial charge in [-0.2, -0.15) is 0 Å². The predicted octanol–water partition coefficient (Wildman–Crippen LogP) is 3.79. The van der Waals surface area contributed by atoms with Gasteiger partial charge in [-0.3, -0.25) is 4.79 Å². The number of benzene rings is 1. The molecule has 2 aliphatic heterocycles. The summed E-state index contributed by atoms with van der Waals surface area (Å²) in [7, 11) is 2.17. The van der Waals surface area contributed by atoms with E-state index < -0.39 is 0 Å². The Kier molecular flexibility index (Phi) is 11.0. The summed E-state index contributed by atoms with van der Waals surface area (Å²) in [5.41, 5.74) is 0.764. The maximum Gasteiger partial charge on any atom is 0.253 e. The van der Waals surface area contributed by atoms with Crippen LogP contribution in [0.1, 0.15) is 62.2 Å². The number of carbonyl (C=O) groups is 1. The molecular weight excluding hydrogens is 350 g/mol. The van der Waals surface area contributed by atoms with Gasteiger partial charge in [0.2, 0.25) is 0 Å². The zero-order chi connectivity index (χ0) is 20.0. The topological polar surface area (TPSA) is 44.8 Å². The molecule has 0 aromatic heterocycles. The molecule has 0 atom stereocenters. The summed E-state index contributed by atoms with van der Waals surface area (Å²) in [6.07, 6.45) is 8.52. The average molecular weight is 390 g/mol. The first kappa shape index (κ1) is 22.7. The minimum Gasteiger partial charge on any atom is -0.494 e. The molecule has 5 nitrogen and oxygen atoms in total. The van der Waals surface area contributed by atoms with E-state index in [-0.39, 0.29) is 5.91 Å². The average Bonchev–Trinajstić information content (AvgIpc) is 3.42. The fraction of sp³-hybridized carbons (Fsp3) is 0.696. The Labute approximate surface area is 171 Å². The van der Waals surface area contributed by atoms with Crippen LogP contribution in [-0.4, -0.2) is 68.6 Å². The molecule has 28 heavy (non-hydrogen) atoms. The summed E-state index contributed by atoms with van der Waals surface area (Å²) in [4.78, 5) is 16.5. The molecule has 2 heterocycles. The zero-order valence-electron chi connectivity index (χ0n) is 17.9. The Morgan fingerprint density at radius 1 is 0.964 bits per heavy atom. The van der Waals surface area contributed by atoms with Gasteiger partial charge < -0.3 is 19.9 Å². The first-order chi connectivity index (χ1) is 13.7. The first-order valence-corrected chi connectivity index (χ1v) is 11.1. The largest absolute Gasteiger partial charge is 0.494 e. The molecule has 2 saturated heterocycles. The number of nitrogens with zero attached hydrogens (tertiary/aromatic N) is 2. The second-order valence-corrected chi connectivity index (χ2v) is 7.80. The van der Waals surface area contributed by atoms with Gasteiger partial charge in [0.1, 0.15) is 5.75 Å². The minimum atomic E-state index is 0.146. The molecule has 0 saturated carbocycles. The van der Waals surface area contributed by atoms with Crippen molar-refractivity contribution in [3.05, 3.63) is 29.8 Å². The van der Waals surface area contributed by atoms with Crippen molar-refractivity contribution in [3.8, 4) is 5.75 Å². The van der Waals surface area contributed by atoms with Crippen LogP contribution in [0.5, 0.6) is 5.75 Å². The van der Waals surface area contributed by atoms with Crippen LogP contribution in [0.2, 0.25) is 0 Å². The molecule has 2 fully saturated rings. The Morgan fingerprint density at radius 3 is 2.18 bits per heavy atom. The van der Waals surface area contributed by atoms with Gasteiger partial charge in [0.05, 0.1) is 6.61 Å². The van der Waals surface area contributed by atoms with Crippen LogP contribution in [0.4, 0.5) is 0 Å². The highest BCUT2D eigenvalue weighted by molar-refractivity contribution is 5.94. The number of ether oxygens (including phenoxy) is 1. The lowest BCUT2D eigenvalue weighted by molar-refractivity contribution is 0.0793. The number of amides is 1. The highest BCUT2D eigenvalue weighted by Gasteiger charge is 2.19. The zero-order valence-corrected chi connectivity index (χ0v) is 17.9. The van der Waals surface area contributed by atoms with Gasteiger partial charge in [0.15, 0.2) is 0 Å². The summed E-state index contributed by atoms with van der Waals surface area (Å²) in [5, 5.41) is 3.32. The molecule has 5 heteroatoms. The molecule has 0 radical (unpaired) electrons. The minimum absolute atomic E-state index is 0.146. The third-order valence-corrected chi connectivity index (χ3v) is 5.34. The SMILES string of the molecule is CCNCCCCCOc1ccc(C(=O)N2CCCC2)cc1.CN1CCCC1. The van der Waals surface area contributed by atoms with Crippen molar-refractivity contribution < 1.29 is 9.53 Å². The molecule has 1 N–H and O–H groups in total. The maximum absolute atomic E-state index is 12.2. The number of hydrogen-bond donors (Lipinski definition) is 1. The molecule has 0 unspecified atom stereocenters. The number of unbranched alkanes of at least 4 members (excludes halogenated alkanes) is 2. The van der Waals surface area contributed by atoms with E-state index in [2.05, 4.69) is 24.2 Å². The van der Waals surface area contributed by atoms with Gasteiger partial charge in [-0.15, -0.1) is 0 Å². The van der Waals surface area contributed by atoms with Crippen molar-refractivity contribution in [1.82, 2.24) is 15.1 Å². The van der Waals surface area contributed by atoms with E-state index >= 15 is 0 Å². The van der Waals surface area contributed by atoms with Crippen molar-refractivity contribution in [1.29, 1.82) is 0 Å². The summed E-state index contributed by atoms with van der Waals surface area (Å²) in [5.74, 6) is 0.997. The van der Waals surface area contributed by atoms with Gasteiger partial charge in [-0.05, 0) is 102 Å². The van der Waals surface area contributed by atoms with Crippen molar-refractivity contribution >= 4 is 5.91 Å². The highest BCUT2D eigenvalue weighted by atomic mass is 16.5. The number of nitrogens with one attached hydrogen (secondary N) is 1. The van der Waals surface area contributed by atoms with Crippen LogP contribution < -0.4 is 10.1 Å². The Morgan fingerprint density at radius 2 is 1.61 bits per heavy atom. The molecule has 1 aromatic carbocycles. The summed E-state index contributed by atoms with van der Waals surface area (Å²) in [6.45, 7) is 9.42. The van der Waals surface area contributed by atoms with E-state index in [1.807, 2.05) is 29.2 Å². The summed E-state index contributed by atoms with van der Waals surface area (Å²) < 4.78 is 5.73. The smallest absolute Gasteiger partial charge is 0.253 e. The molecular formula is C23H39N3O2. The lowest BCUT2D eigenvalue weighted by Crippen LogP contribution is -2.27. The molecule has 3 rings (SSSR count). The van der Waals surface area contributed by atoms with Gasteiger partial charge >= 0.3 is 0 Å². The van der Waals surface area contributed by atoms with E-state index in [0.29, 0.717) is 0 Å². The highest BCUT2D eigenvalue weighted by Crippen LogP contribution is 2.17. The van der Waals surface area contributed by atoms with Gasteiger partial charge in [0, 0.05) is 18.7 Å². The normalized spacial score (nSPS) is 16.7. The summed E-state index contributed by atoms with van der Waals surface area (Å²) >= 11 is 0. The van der Waals surface area contributed by atoms with E-state index in [0.717, 1.165) is 63.4 Å². The third kappa shape index (κ3) is 8.61. The molecule has 1 aromatic rings. The lowest BCUT2D eigenvalue weighted by Gasteiger charge is -2.15. The summed E-state index contributed by atoms with van der Waals surface area (Å²) in [6, 6.07) is 7.56. The van der Waals surface area contributed by atoms with Crippen LogP contribution in [0, 0.1) is 0 Å². The lowest BCUT2D eigenvalue weighted by atomic mass is 10.2. The number of carbonyl (C=O) groups excluding carboxylic acids is 1. The van der Waals surface area contributed by atoms with E-state index in [1.54, 1.807) is 0 Å². The molecule has 0 aliphatic carbocycles. The Balaban J connectivity index is 0.000000397. The predicted molar refractivity (Wildman–Crippen MR) is 116 cm³/mol. The third-order valence-electron chi connectivity index (χ3n) is 5.34. The quantitative estimate of drug-likeness (QED) is 0.653. The fourth-order valence-electron chi connectivity index (χ4n) is 3.57. The molecule has 0 spiro atoms. The van der Waals surface area contributed by atoms with E-state index in [1.165, 1.54) is 38.8 Å². The molecule has 2 aliphatic rings. The number of hydrogen-bond acceptors (Lipinski definition) is 4. The van der Waals surface area contributed by atoms with E-state index in [4.69, 9.17) is 4.74 Å². The number of rotatable bonds is 9. The van der Waals surface area contributed by atoms with Crippen LogP contribution >= 0.6 is 0 Å². The molecule has 0 bridgehead atoms. The van der Waals surface area contributed by atoms with Gasteiger partial charge in [0.25, 0.3) is 5.91 Å². The first-order valence-electron chi connectivity index (χ1n) is 11.1. The van der Waals surface area contributed by atoms with E-state index in [9.17, 15) is 4.79 Å². The standard InChI is InChI=1S/C18H28N2O2.C5H11N/c1-2-19-12-4-3-7-15-22-17-10-8-16(9-11-17)18(21)20-13-5-6-14-20;1-6-4-2-3-5-6/h8-11,19H,2-7,12-15H2,1H3;2-5H2,1H3. The molecule has 158 valence electrons. The van der Waals surface area contributed by atoms with Gasteiger partial charge in [-0.1, -0.05) is 6.92 Å². The van der Waals surface area contributed by atoms with Crippen molar-refractivity contribution in [3.63, 3.8) is 0 Å². The van der Waals surface area contributed by atoms with Crippen molar-refractivity contribution in [2.24, 2.45) is 0 Å². The van der Waals surface area contributed by atoms with Crippen LogP contribution in [0.25, 0.3) is 0 Å².